The molecule has 1 atom stereocenters. The summed E-state index contributed by atoms with van der Waals surface area (Å²) in [5.41, 5.74) is 4.47. The van der Waals surface area contributed by atoms with Crippen LogP contribution in [0.2, 0.25) is 0 Å². The maximum Gasteiger partial charge on any atom is 0.341 e. The third-order valence-corrected chi connectivity index (χ3v) is 4.72. The van der Waals surface area contributed by atoms with Gasteiger partial charge < -0.3 is 29.8 Å². The second-order valence-corrected chi connectivity index (χ2v) is 6.37. The van der Waals surface area contributed by atoms with Crippen molar-refractivity contribution < 1.29 is 28.2 Å². The lowest BCUT2D eigenvalue weighted by Gasteiger charge is -2.35. The number of morpholine rings is 1. The number of anilines is 1. The number of alkyl halides is 1. The van der Waals surface area contributed by atoms with Gasteiger partial charge in [-0.1, -0.05) is 0 Å². The van der Waals surface area contributed by atoms with E-state index in [4.69, 9.17) is 15.2 Å². The highest BCUT2D eigenvalue weighted by atomic mass is 19.1. The van der Waals surface area contributed by atoms with Crippen molar-refractivity contribution in [1.82, 2.24) is 4.57 Å². The Bertz CT molecular complexity index is 963. The zero-order valence-corrected chi connectivity index (χ0v) is 15.3. The van der Waals surface area contributed by atoms with E-state index in [1.54, 1.807) is 4.90 Å². The lowest BCUT2D eigenvalue weighted by molar-refractivity contribution is 0.0462. The van der Waals surface area contributed by atoms with E-state index in [9.17, 15) is 19.1 Å². The minimum absolute atomic E-state index is 0.0372. The van der Waals surface area contributed by atoms with E-state index < -0.39 is 29.5 Å². The third kappa shape index (κ3) is 3.40. The number of hydrogen-bond donors (Lipinski definition) is 2. The molecule has 2 aromatic rings. The topological polar surface area (TPSA) is 107 Å². The van der Waals surface area contributed by atoms with Crippen molar-refractivity contribution in [3.05, 3.63) is 33.9 Å². The number of aromatic carboxylic acids is 1. The van der Waals surface area contributed by atoms with Crippen molar-refractivity contribution in [2.75, 3.05) is 44.9 Å². The summed E-state index contributed by atoms with van der Waals surface area (Å²) in [5.74, 6) is -2.18. The molecule has 0 saturated carbocycles. The van der Waals surface area contributed by atoms with Gasteiger partial charge in [0, 0.05) is 25.8 Å². The third-order valence-electron chi connectivity index (χ3n) is 4.72. The molecule has 1 unspecified atom stereocenters. The molecule has 1 saturated heterocycles. The minimum Gasteiger partial charge on any atom is -0.492 e. The molecule has 8 nitrogen and oxygen atoms in total. The van der Waals surface area contributed by atoms with Crippen LogP contribution in [0.15, 0.2) is 17.1 Å². The van der Waals surface area contributed by atoms with Gasteiger partial charge in [-0.15, -0.1) is 0 Å². The molecule has 1 aromatic carbocycles. The average Bonchev–Trinajstić information content (AvgIpc) is 2.69. The number of hydrogen-bond acceptors (Lipinski definition) is 6. The van der Waals surface area contributed by atoms with Gasteiger partial charge in [0.1, 0.15) is 17.9 Å². The summed E-state index contributed by atoms with van der Waals surface area (Å²) in [5, 5.41) is 9.08. The Labute approximate surface area is 159 Å². The van der Waals surface area contributed by atoms with Gasteiger partial charge in [0.05, 0.1) is 37.3 Å². The highest BCUT2D eigenvalue weighted by Gasteiger charge is 2.28. The van der Waals surface area contributed by atoms with Gasteiger partial charge in [-0.25, -0.2) is 13.6 Å². The Balaban J connectivity index is 2.31. The van der Waals surface area contributed by atoms with Crippen LogP contribution in [0.25, 0.3) is 10.9 Å². The molecule has 1 fully saturated rings. The molecule has 0 bridgehead atoms. The number of benzene rings is 1. The molecule has 0 spiro atoms. The summed E-state index contributed by atoms with van der Waals surface area (Å²) in [6, 6.07) is 0.976. The number of halogens is 2. The van der Waals surface area contributed by atoms with Gasteiger partial charge in [0.15, 0.2) is 11.6 Å². The summed E-state index contributed by atoms with van der Waals surface area (Å²) in [6.07, 6.45) is 0.759. The van der Waals surface area contributed by atoms with Crippen LogP contribution in [0, 0.1) is 5.82 Å². The van der Waals surface area contributed by atoms with Crippen molar-refractivity contribution in [2.24, 2.45) is 5.73 Å². The first-order valence-electron chi connectivity index (χ1n) is 8.72. The number of nitrogens with zero attached hydrogens (tertiary/aromatic N) is 2. The van der Waals surface area contributed by atoms with E-state index in [1.807, 2.05) is 0 Å². The smallest absolute Gasteiger partial charge is 0.341 e. The minimum atomic E-state index is -1.47. The molecule has 0 amide bonds. The summed E-state index contributed by atoms with van der Waals surface area (Å²) in [6.45, 7) is 0.249. The monoisotopic (exact) mass is 397 g/mol. The van der Waals surface area contributed by atoms with Crippen LogP contribution in [0.1, 0.15) is 10.4 Å². The van der Waals surface area contributed by atoms with E-state index in [0.29, 0.717) is 19.7 Å². The van der Waals surface area contributed by atoms with Crippen molar-refractivity contribution >= 4 is 22.6 Å². The first-order valence-corrected chi connectivity index (χ1v) is 8.72. The van der Waals surface area contributed by atoms with E-state index in [0.717, 1.165) is 12.3 Å². The zero-order valence-electron chi connectivity index (χ0n) is 15.3. The number of methoxy groups -OCH3 is 1. The van der Waals surface area contributed by atoms with Crippen LogP contribution in [0.5, 0.6) is 5.75 Å². The van der Waals surface area contributed by atoms with Gasteiger partial charge in [0.25, 0.3) is 0 Å². The zero-order chi connectivity index (χ0) is 20.4. The molecule has 3 N–H and O–H groups in total. The quantitative estimate of drug-likeness (QED) is 0.748. The van der Waals surface area contributed by atoms with Crippen molar-refractivity contribution in [1.29, 1.82) is 0 Å². The van der Waals surface area contributed by atoms with Crippen molar-refractivity contribution in [3.63, 3.8) is 0 Å². The van der Waals surface area contributed by atoms with Crippen LogP contribution < -0.4 is 20.8 Å². The van der Waals surface area contributed by atoms with Gasteiger partial charge >= 0.3 is 5.97 Å². The normalized spacial score (nSPS) is 17.1. The first kappa shape index (κ1) is 20.0. The second kappa shape index (κ2) is 8.11. The number of aromatic nitrogens is 1. The van der Waals surface area contributed by atoms with E-state index >= 15 is 4.39 Å². The molecule has 1 aliphatic heterocycles. The number of aryl methyl sites for hydroxylation is 1. The number of pyridine rings is 1. The summed E-state index contributed by atoms with van der Waals surface area (Å²) in [7, 11) is 1.31. The van der Waals surface area contributed by atoms with Gasteiger partial charge in [0.2, 0.25) is 5.43 Å². The largest absolute Gasteiger partial charge is 0.492 e. The molecule has 2 heterocycles. The Kier molecular flexibility index (Phi) is 5.80. The number of fused-ring (bicyclic) bond motifs is 1. The average molecular weight is 397 g/mol. The SMILES string of the molecule is COc1c(N2CCOC(CN)C2)c(F)cc2c(=O)c(C(=O)O)cn(CCF)c12. The lowest BCUT2D eigenvalue weighted by Crippen LogP contribution is -2.46. The van der Waals surface area contributed by atoms with E-state index in [1.165, 1.54) is 11.7 Å². The summed E-state index contributed by atoms with van der Waals surface area (Å²) < 4.78 is 40.3. The van der Waals surface area contributed by atoms with Crippen LogP contribution >= 0.6 is 0 Å². The molecule has 152 valence electrons. The fourth-order valence-corrected chi connectivity index (χ4v) is 3.46. The first-order chi connectivity index (χ1) is 13.4. The van der Waals surface area contributed by atoms with Crippen LogP contribution in [0.4, 0.5) is 14.5 Å². The van der Waals surface area contributed by atoms with Crippen molar-refractivity contribution in [2.45, 2.75) is 12.6 Å². The molecular formula is C18H21F2N3O5. The van der Waals surface area contributed by atoms with Gasteiger partial charge in [-0.05, 0) is 6.07 Å². The van der Waals surface area contributed by atoms with Crippen molar-refractivity contribution in [3.8, 4) is 5.75 Å². The maximum absolute atomic E-state index is 15.0. The molecule has 1 aromatic heterocycles. The number of ether oxygens (including phenoxy) is 2. The summed E-state index contributed by atoms with van der Waals surface area (Å²) in [4.78, 5) is 25.6. The number of carbonyl (C=O) groups is 1. The maximum atomic E-state index is 15.0. The second-order valence-electron chi connectivity index (χ2n) is 6.37. The number of rotatable bonds is 6. The predicted octanol–water partition coefficient (Wildman–Crippen LogP) is 0.981. The standard InChI is InChI=1S/C18H21F2N3O5/c1-27-17-14-11(16(24)12(18(25)26)9-22(14)3-2-19)6-13(20)15(17)23-4-5-28-10(7-21)8-23/h6,9-10H,2-5,7-8,21H2,1H3,(H,25,26). The predicted molar refractivity (Wildman–Crippen MR) is 98.7 cm³/mol. The van der Waals surface area contributed by atoms with Gasteiger partial charge in [-0.2, -0.15) is 0 Å². The highest BCUT2D eigenvalue weighted by molar-refractivity contribution is 5.97. The Morgan fingerprint density at radius 1 is 1.50 bits per heavy atom. The molecule has 0 aliphatic carbocycles. The van der Waals surface area contributed by atoms with E-state index in [-0.39, 0.29) is 41.5 Å². The molecule has 1 aliphatic rings. The Morgan fingerprint density at radius 2 is 2.25 bits per heavy atom. The number of carboxylic acid groups (broad SMARTS) is 1. The highest BCUT2D eigenvalue weighted by Crippen LogP contribution is 2.38. The van der Waals surface area contributed by atoms with Crippen LogP contribution in [-0.4, -0.2) is 61.8 Å². The Hall–Kier alpha value is -2.72. The fourth-order valence-electron chi connectivity index (χ4n) is 3.46. The number of nitrogens with two attached hydrogens (primary N) is 1. The Morgan fingerprint density at radius 3 is 2.86 bits per heavy atom. The lowest BCUT2D eigenvalue weighted by atomic mass is 10.1. The molecule has 28 heavy (non-hydrogen) atoms. The summed E-state index contributed by atoms with van der Waals surface area (Å²) >= 11 is 0. The van der Waals surface area contributed by atoms with Crippen LogP contribution in [0.3, 0.4) is 0 Å². The van der Waals surface area contributed by atoms with Gasteiger partial charge in [-0.3, -0.25) is 4.79 Å². The molecule has 0 radical (unpaired) electrons. The molecule has 10 heteroatoms. The number of carboxylic acids is 1. The van der Waals surface area contributed by atoms with Crippen LogP contribution in [-0.2, 0) is 11.3 Å². The van der Waals surface area contributed by atoms with E-state index in [2.05, 4.69) is 0 Å². The molecular weight excluding hydrogens is 376 g/mol. The molecule has 3 rings (SSSR count). The fraction of sp³-hybridized carbons (Fsp3) is 0.444.